The largest absolute Gasteiger partial charge is 0.501 e. The number of rotatable bonds is 6. The van der Waals surface area contributed by atoms with E-state index in [1.807, 2.05) is 0 Å². The van der Waals surface area contributed by atoms with E-state index in [0.29, 0.717) is 18.4 Å². The highest BCUT2D eigenvalue weighted by atomic mass is 19.1. The molecule has 2 aliphatic heterocycles. The molecule has 0 saturated heterocycles. The normalized spacial score (nSPS) is 21.3. The highest BCUT2D eigenvalue weighted by Crippen LogP contribution is 2.49. The van der Waals surface area contributed by atoms with Crippen LogP contribution in [-0.2, 0) is 37.7 Å². The molecule has 0 radical (unpaired) electrons. The number of hydrogen-bond donors (Lipinski definition) is 3. The molecule has 3 aliphatic rings. The maximum absolute atomic E-state index is 13.4. The molecule has 0 spiro atoms. The summed E-state index contributed by atoms with van der Waals surface area (Å²) in [6.45, 7) is 1.28. The first-order valence-corrected chi connectivity index (χ1v) is 12.4. The molecule has 0 atom stereocenters. The number of esters is 1. The number of nitrogens with one attached hydrogen (secondary N) is 2. The number of likely N-dealkylation sites (N-methyl/N-ethyl adjacent to an activating group) is 1. The zero-order chi connectivity index (χ0) is 28.5. The molecule has 39 heavy (non-hydrogen) atoms. The Kier molecular flexibility index (Phi) is 7.44. The van der Waals surface area contributed by atoms with Gasteiger partial charge in [0.2, 0.25) is 5.75 Å². The lowest BCUT2D eigenvalue weighted by Crippen LogP contribution is -2.54. The van der Waals surface area contributed by atoms with Gasteiger partial charge in [0.05, 0.1) is 12.1 Å². The number of benzene rings is 1. The number of aromatic hydroxyl groups is 1. The zero-order valence-electron chi connectivity index (χ0n) is 21.9. The van der Waals surface area contributed by atoms with Crippen molar-refractivity contribution >= 4 is 23.7 Å². The van der Waals surface area contributed by atoms with Crippen LogP contribution in [0.25, 0.3) is 0 Å². The second-order valence-corrected chi connectivity index (χ2v) is 10.3. The number of hydrogen-bond acceptors (Lipinski definition) is 8. The molecule has 1 saturated carbocycles. The lowest BCUT2D eigenvalue weighted by molar-refractivity contribution is -0.147. The van der Waals surface area contributed by atoms with Gasteiger partial charge in [-0.2, -0.15) is 0 Å². The summed E-state index contributed by atoms with van der Waals surface area (Å²) in [7, 11) is 2.85. The number of ether oxygens (including phenoxy) is 1. The fraction of sp³-hybridized carbons (Fsp3) is 0.462. The quantitative estimate of drug-likeness (QED) is 0.352. The Balaban J connectivity index is 1.75. The van der Waals surface area contributed by atoms with Gasteiger partial charge in [-0.15, -0.1) is 0 Å². The third kappa shape index (κ3) is 5.47. The monoisotopic (exact) mass is 543 g/mol. The number of carbonyl (C=O) groups is 4. The molecule has 12 nitrogen and oxygen atoms in total. The number of amides is 3. The van der Waals surface area contributed by atoms with Crippen molar-refractivity contribution in [2.24, 2.45) is 5.41 Å². The van der Waals surface area contributed by atoms with Crippen LogP contribution in [0.3, 0.4) is 0 Å². The molecule has 1 aromatic heterocycles. The third-order valence-corrected chi connectivity index (χ3v) is 7.35. The van der Waals surface area contributed by atoms with Crippen LogP contribution in [0.1, 0.15) is 54.5 Å². The van der Waals surface area contributed by atoms with Crippen molar-refractivity contribution in [1.29, 1.82) is 0 Å². The molecular formula is C26H30FN5O7. The highest BCUT2D eigenvalue weighted by Gasteiger charge is 2.52. The average Bonchev–Trinajstić information content (AvgIpc) is 3.12. The first-order chi connectivity index (χ1) is 18.4. The molecule has 1 aromatic carbocycles. The van der Waals surface area contributed by atoms with Crippen LogP contribution in [0.5, 0.6) is 5.75 Å². The maximum Gasteiger partial charge on any atom is 0.311 e. The third-order valence-electron chi connectivity index (χ3n) is 7.35. The van der Waals surface area contributed by atoms with Gasteiger partial charge >= 0.3 is 17.8 Å². The maximum atomic E-state index is 13.4. The molecule has 5 rings (SSSR count). The Morgan fingerprint density at radius 3 is 2.36 bits per heavy atom. The van der Waals surface area contributed by atoms with E-state index in [1.165, 1.54) is 49.9 Å². The molecule has 208 valence electrons. The van der Waals surface area contributed by atoms with E-state index >= 15 is 0 Å². The van der Waals surface area contributed by atoms with Crippen LogP contribution in [0, 0.1) is 11.2 Å². The Labute approximate surface area is 223 Å². The van der Waals surface area contributed by atoms with E-state index in [9.17, 15) is 33.5 Å². The molecule has 3 heterocycles. The summed E-state index contributed by atoms with van der Waals surface area (Å²) in [5, 5.41) is 16.0. The minimum absolute atomic E-state index is 0.00946. The van der Waals surface area contributed by atoms with Crippen LogP contribution >= 0.6 is 0 Å². The van der Waals surface area contributed by atoms with Gasteiger partial charge in [0.25, 0.3) is 11.5 Å². The topological polar surface area (TPSA) is 160 Å². The van der Waals surface area contributed by atoms with Crippen LogP contribution in [0.15, 0.2) is 29.1 Å². The van der Waals surface area contributed by atoms with Gasteiger partial charge in [0.1, 0.15) is 11.6 Å². The molecule has 2 aromatic rings. The van der Waals surface area contributed by atoms with Crippen molar-refractivity contribution in [3.8, 4) is 5.75 Å². The minimum atomic E-state index is -1.29. The lowest BCUT2D eigenvalue weighted by Gasteiger charge is -2.41. The lowest BCUT2D eigenvalue weighted by atomic mass is 9.68. The summed E-state index contributed by atoms with van der Waals surface area (Å²) in [5.41, 5.74) is -2.84. The van der Waals surface area contributed by atoms with Crippen molar-refractivity contribution in [1.82, 2.24) is 25.1 Å². The van der Waals surface area contributed by atoms with E-state index in [4.69, 9.17) is 4.74 Å². The summed E-state index contributed by atoms with van der Waals surface area (Å²) in [6, 6.07) is 5.41. The van der Waals surface area contributed by atoms with Crippen LogP contribution in [0.2, 0.25) is 0 Å². The Morgan fingerprint density at radius 2 is 1.77 bits per heavy atom. The SMILES string of the molecule is CC(=O)OCC12CCC(NC(=O)C(=O)N(C)C)(CC1)c1nc(C(=O)NCc3ccc(F)cc3)c(O)c(=O)n1C2. The van der Waals surface area contributed by atoms with E-state index in [2.05, 4.69) is 15.6 Å². The summed E-state index contributed by atoms with van der Waals surface area (Å²) in [5.74, 6) is -4.36. The zero-order valence-corrected chi connectivity index (χ0v) is 21.9. The van der Waals surface area contributed by atoms with E-state index < -0.39 is 57.5 Å². The predicted molar refractivity (Wildman–Crippen MR) is 134 cm³/mol. The summed E-state index contributed by atoms with van der Waals surface area (Å²) in [6.07, 6.45) is 1.31. The molecule has 3 amide bonds. The van der Waals surface area contributed by atoms with E-state index in [1.54, 1.807) is 0 Å². The molecule has 13 heteroatoms. The fourth-order valence-corrected chi connectivity index (χ4v) is 5.11. The number of halogens is 1. The number of nitrogens with zero attached hydrogens (tertiary/aromatic N) is 3. The second kappa shape index (κ2) is 10.5. The number of fused-ring (bicyclic) bond motifs is 2. The summed E-state index contributed by atoms with van der Waals surface area (Å²) in [4.78, 5) is 68.8. The summed E-state index contributed by atoms with van der Waals surface area (Å²) < 4.78 is 19.7. The molecule has 2 bridgehead atoms. The van der Waals surface area contributed by atoms with Gasteiger partial charge in [-0.1, -0.05) is 12.1 Å². The van der Waals surface area contributed by atoms with Crippen molar-refractivity contribution in [2.45, 2.75) is 51.2 Å². The highest BCUT2D eigenvalue weighted by molar-refractivity contribution is 6.35. The number of carbonyl (C=O) groups excluding carboxylic acids is 4. The van der Waals surface area contributed by atoms with Crippen LogP contribution in [0.4, 0.5) is 4.39 Å². The molecule has 0 unspecified atom stereocenters. The number of aromatic nitrogens is 2. The Hall–Kier alpha value is -4.29. The van der Waals surface area contributed by atoms with Crippen molar-refractivity contribution in [2.75, 3.05) is 20.7 Å². The van der Waals surface area contributed by atoms with Gasteiger partial charge in [-0.05, 0) is 43.4 Å². The standard InChI is InChI=1S/C26H30FN5O7/c1-15(33)39-14-25-8-10-26(11-9-25,30-21(36)23(38)31(2)3)24-29-18(19(34)22(37)32(24)13-25)20(35)28-12-16-4-6-17(27)7-5-16/h4-7,34H,8-14H2,1-3H3,(H,28,35)(H,30,36). The first-order valence-electron chi connectivity index (χ1n) is 12.4. The van der Waals surface area contributed by atoms with Crippen LogP contribution in [-0.4, -0.2) is 64.0 Å². The van der Waals surface area contributed by atoms with Crippen molar-refractivity contribution in [3.63, 3.8) is 0 Å². The van der Waals surface area contributed by atoms with Gasteiger partial charge in [-0.25, -0.2) is 9.37 Å². The Morgan fingerprint density at radius 1 is 1.13 bits per heavy atom. The van der Waals surface area contributed by atoms with Crippen molar-refractivity contribution in [3.05, 3.63) is 57.5 Å². The van der Waals surface area contributed by atoms with Crippen LogP contribution < -0.4 is 16.2 Å². The fourth-order valence-electron chi connectivity index (χ4n) is 5.11. The average molecular weight is 544 g/mol. The summed E-state index contributed by atoms with van der Waals surface area (Å²) >= 11 is 0. The van der Waals surface area contributed by atoms with E-state index in [0.717, 1.165) is 4.90 Å². The van der Waals surface area contributed by atoms with Gasteiger partial charge < -0.3 is 25.4 Å². The predicted octanol–water partition coefficient (Wildman–Crippen LogP) is 0.555. The van der Waals surface area contributed by atoms with Gasteiger partial charge in [-0.3, -0.25) is 28.5 Å². The molecular weight excluding hydrogens is 513 g/mol. The van der Waals surface area contributed by atoms with Gasteiger partial charge in [0, 0.05) is 39.5 Å². The smallest absolute Gasteiger partial charge is 0.311 e. The minimum Gasteiger partial charge on any atom is -0.501 e. The second-order valence-electron chi connectivity index (χ2n) is 10.3. The molecule has 1 aliphatic carbocycles. The van der Waals surface area contributed by atoms with Crippen molar-refractivity contribution < 1.29 is 33.4 Å². The van der Waals surface area contributed by atoms with Gasteiger partial charge in [0.15, 0.2) is 5.69 Å². The first kappa shape index (κ1) is 27.7. The Bertz CT molecular complexity index is 1380. The molecule has 1 fully saturated rings. The molecule has 3 N–H and O–H groups in total. The van der Waals surface area contributed by atoms with E-state index in [-0.39, 0.29) is 38.4 Å².